The standard InChI is InChI=1S/C16H23BrN2O2/c1-12(13-6-7-15(21-2)14(17)10-13)18-11-16(20)19-8-4-3-5-9-19/h6-7,10,12,18H,3-5,8-9,11H2,1-2H3. The Hall–Kier alpha value is -1.07. The van der Waals surface area contributed by atoms with Gasteiger partial charge in [0.25, 0.3) is 0 Å². The second-order valence-electron chi connectivity index (χ2n) is 5.44. The minimum atomic E-state index is 0.126. The minimum Gasteiger partial charge on any atom is -0.496 e. The van der Waals surface area contributed by atoms with Gasteiger partial charge in [-0.3, -0.25) is 4.79 Å². The third-order valence-corrected chi connectivity index (χ3v) is 4.56. The Balaban J connectivity index is 1.87. The Bertz CT molecular complexity index is 487. The minimum absolute atomic E-state index is 0.126. The van der Waals surface area contributed by atoms with E-state index in [-0.39, 0.29) is 11.9 Å². The van der Waals surface area contributed by atoms with E-state index in [4.69, 9.17) is 4.74 Å². The molecule has 1 atom stereocenters. The maximum atomic E-state index is 12.1. The van der Waals surface area contributed by atoms with Crippen molar-refractivity contribution in [3.8, 4) is 5.75 Å². The molecule has 2 rings (SSSR count). The van der Waals surface area contributed by atoms with Crippen LogP contribution >= 0.6 is 15.9 Å². The number of carbonyl (C=O) groups is 1. The number of nitrogens with zero attached hydrogens (tertiary/aromatic N) is 1. The molecule has 0 aromatic heterocycles. The maximum Gasteiger partial charge on any atom is 0.236 e. The van der Waals surface area contributed by atoms with E-state index in [1.165, 1.54) is 6.42 Å². The van der Waals surface area contributed by atoms with Gasteiger partial charge in [0.15, 0.2) is 0 Å². The predicted octanol–water partition coefficient (Wildman–Crippen LogP) is 3.12. The molecule has 1 heterocycles. The maximum absolute atomic E-state index is 12.1. The van der Waals surface area contributed by atoms with Crippen molar-refractivity contribution in [2.75, 3.05) is 26.7 Å². The molecule has 1 N–H and O–H groups in total. The first-order valence-corrected chi connectivity index (χ1v) is 8.25. The van der Waals surface area contributed by atoms with Gasteiger partial charge in [-0.1, -0.05) is 6.07 Å². The molecule has 0 aliphatic carbocycles. The second kappa shape index (κ2) is 7.80. The molecule has 1 aliphatic heterocycles. The Morgan fingerprint density at radius 2 is 2.10 bits per heavy atom. The molecule has 0 bridgehead atoms. The number of hydrogen-bond acceptors (Lipinski definition) is 3. The number of hydrogen-bond donors (Lipinski definition) is 1. The molecule has 0 spiro atoms. The van der Waals surface area contributed by atoms with E-state index in [0.717, 1.165) is 41.7 Å². The van der Waals surface area contributed by atoms with Crippen LogP contribution < -0.4 is 10.1 Å². The summed E-state index contributed by atoms with van der Waals surface area (Å²) < 4.78 is 6.16. The molecule has 21 heavy (non-hydrogen) atoms. The number of piperidine rings is 1. The number of methoxy groups -OCH3 is 1. The van der Waals surface area contributed by atoms with Gasteiger partial charge in [0, 0.05) is 19.1 Å². The number of likely N-dealkylation sites (tertiary alicyclic amines) is 1. The van der Waals surface area contributed by atoms with Crippen LogP contribution in [-0.4, -0.2) is 37.6 Å². The quantitative estimate of drug-likeness (QED) is 0.883. The lowest BCUT2D eigenvalue weighted by Crippen LogP contribution is -2.41. The number of amides is 1. The monoisotopic (exact) mass is 354 g/mol. The molecule has 1 aliphatic rings. The first kappa shape index (κ1) is 16.3. The SMILES string of the molecule is COc1ccc(C(C)NCC(=O)N2CCCCC2)cc1Br. The lowest BCUT2D eigenvalue weighted by molar-refractivity contribution is -0.131. The molecule has 1 aromatic carbocycles. The fourth-order valence-corrected chi connectivity index (χ4v) is 3.12. The van der Waals surface area contributed by atoms with Crippen LogP contribution in [0.4, 0.5) is 0 Å². The van der Waals surface area contributed by atoms with Crippen LogP contribution in [0.3, 0.4) is 0 Å². The molecule has 1 fully saturated rings. The van der Waals surface area contributed by atoms with Crippen molar-refractivity contribution >= 4 is 21.8 Å². The summed E-state index contributed by atoms with van der Waals surface area (Å²) in [6.07, 6.45) is 3.51. The van der Waals surface area contributed by atoms with Crippen molar-refractivity contribution in [3.63, 3.8) is 0 Å². The van der Waals surface area contributed by atoms with Crippen molar-refractivity contribution in [1.82, 2.24) is 10.2 Å². The predicted molar refractivity (Wildman–Crippen MR) is 87.5 cm³/mol. The highest BCUT2D eigenvalue weighted by atomic mass is 79.9. The van der Waals surface area contributed by atoms with Gasteiger partial charge in [-0.15, -0.1) is 0 Å². The van der Waals surface area contributed by atoms with Crippen molar-refractivity contribution in [2.45, 2.75) is 32.2 Å². The largest absolute Gasteiger partial charge is 0.496 e. The topological polar surface area (TPSA) is 41.6 Å². The van der Waals surface area contributed by atoms with Crippen molar-refractivity contribution in [2.24, 2.45) is 0 Å². The summed E-state index contributed by atoms with van der Waals surface area (Å²) >= 11 is 3.49. The van der Waals surface area contributed by atoms with E-state index in [9.17, 15) is 4.79 Å². The lowest BCUT2D eigenvalue weighted by Gasteiger charge is -2.27. The molecule has 116 valence electrons. The van der Waals surface area contributed by atoms with Gasteiger partial charge in [0.05, 0.1) is 18.1 Å². The first-order valence-electron chi connectivity index (χ1n) is 7.46. The van der Waals surface area contributed by atoms with Crippen LogP contribution in [0.2, 0.25) is 0 Å². The van der Waals surface area contributed by atoms with Crippen molar-refractivity contribution in [1.29, 1.82) is 0 Å². The molecule has 0 radical (unpaired) electrons. The summed E-state index contributed by atoms with van der Waals surface area (Å²) in [5.74, 6) is 1.02. The first-order chi connectivity index (χ1) is 10.1. The zero-order valence-corrected chi connectivity index (χ0v) is 14.3. The normalized spacial score (nSPS) is 16.6. The Morgan fingerprint density at radius 3 is 2.71 bits per heavy atom. The molecule has 1 unspecified atom stereocenters. The van der Waals surface area contributed by atoms with Crippen molar-refractivity contribution < 1.29 is 9.53 Å². The molecule has 1 amide bonds. The third kappa shape index (κ3) is 4.45. The van der Waals surface area contributed by atoms with Crippen molar-refractivity contribution in [3.05, 3.63) is 28.2 Å². The molecule has 0 saturated carbocycles. The van der Waals surface area contributed by atoms with Gasteiger partial charge in [0.1, 0.15) is 5.75 Å². The van der Waals surface area contributed by atoms with Crippen LogP contribution in [0.5, 0.6) is 5.75 Å². The highest BCUT2D eigenvalue weighted by Gasteiger charge is 2.17. The highest BCUT2D eigenvalue weighted by molar-refractivity contribution is 9.10. The number of rotatable bonds is 5. The van der Waals surface area contributed by atoms with E-state index in [1.54, 1.807) is 7.11 Å². The fourth-order valence-electron chi connectivity index (χ4n) is 2.57. The average Bonchev–Trinajstić information content (AvgIpc) is 2.53. The van der Waals surface area contributed by atoms with Gasteiger partial charge < -0.3 is 15.0 Å². The fraction of sp³-hybridized carbons (Fsp3) is 0.562. The van der Waals surface area contributed by atoms with Crippen LogP contribution in [0.15, 0.2) is 22.7 Å². The number of halogens is 1. The van der Waals surface area contributed by atoms with E-state index >= 15 is 0 Å². The zero-order chi connectivity index (χ0) is 15.2. The Kier molecular flexibility index (Phi) is 6.06. The highest BCUT2D eigenvalue weighted by Crippen LogP contribution is 2.27. The van der Waals surface area contributed by atoms with E-state index in [1.807, 2.05) is 23.1 Å². The smallest absolute Gasteiger partial charge is 0.236 e. The van der Waals surface area contributed by atoms with Crippen LogP contribution in [0.25, 0.3) is 0 Å². The zero-order valence-electron chi connectivity index (χ0n) is 12.7. The van der Waals surface area contributed by atoms with Crippen LogP contribution in [-0.2, 0) is 4.79 Å². The number of ether oxygens (including phenoxy) is 1. The summed E-state index contributed by atoms with van der Waals surface area (Å²) in [6.45, 7) is 4.27. The molecule has 5 heteroatoms. The molecule has 1 aromatic rings. The van der Waals surface area contributed by atoms with Crippen LogP contribution in [0.1, 0.15) is 37.8 Å². The molecule has 1 saturated heterocycles. The summed E-state index contributed by atoms with van der Waals surface area (Å²) in [5, 5.41) is 3.31. The number of carbonyl (C=O) groups excluding carboxylic acids is 1. The van der Waals surface area contributed by atoms with Gasteiger partial charge >= 0.3 is 0 Å². The van der Waals surface area contributed by atoms with E-state index < -0.39 is 0 Å². The molecular formula is C16H23BrN2O2. The lowest BCUT2D eigenvalue weighted by atomic mass is 10.1. The van der Waals surface area contributed by atoms with Gasteiger partial charge in [-0.05, 0) is 59.8 Å². The molecule has 4 nitrogen and oxygen atoms in total. The summed E-state index contributed by atoms with van der Waals surface area (Å²) in [7, 11) is 1.65. The summed E-state index contributed by atoms with van der Waals surface area (Å²) in [5.41, 5.74) is 1.13. The number of benzene rings is 1. The summed E-state index contributed by atoms with van der Waals surface area (Å²) in [6, 6.07) is 6.11. The Labute approximate surface area is 135 Å². The van der Waals surface area contributed by atoms with Gasteiger partial charge in [-0.25, -0.2) is 0 Å². The summed E-state index contributed by atoms with van der Waals surface area (Å²) in [4.78, 5) is 14.1. The Morgan fingerprint density at radius 1 is 1.38 bits per heavy atom. The van der Waals surface area contributed by atoms with Crippen LogP contribution in [0, 0.1) is 0 Å². The molecular weight excluding hydrogens is 332 g/mol. The van der Waals surface area contributed by atoms with Gasteiger partial charge in [-0.2, -0.15) is 0 Å². The average molecular weight is 355 g/mol. The van der Waals surface area contributed by atoms with E-state index in [2.05, 4.69) is 28.2 Å². The number of nitrogens with one attached hydrogen (secondary N) is 1. The third-order valence-electron chi connectivity index (χ3n) is 3.94. The van der Waals surface area contributed by atoms with Gasteiger partial charge in [0.2, 0.25) is 5.91 Å². The second-order valence-corrected chi connectivity index (χ2v) is 6.29. The van der Waals surface area contributed by atoms with E-state index in [0.29, 0.717) is 6.54 Å².